The van der Waals surface area contributed by atoms with Crippen LogP contribution in [0.15, 0.2) is 41.1 Å². The van der Waals surface area contributed by atoms with Gasteiger partial charge in [-0.05, 0) is 54.7 Å². The first-order valence-electron chi connectivity index (χ1n) is 11.5. The van der Waals surface area contributed by atoms with Crippen molar-refractivity contribution in [2.45, 2.75) is 58.2 Å². The van der Waals surface area contributed by atoms with E-state index >= 15 is 0 Å². The molecule has 0 aliphatic heterocycles. The minimum Gasteiger partial charge on any atom is -0.343 e. The highest BCUT2D eigenvalue weighted by atomic mass is 19.4. The average Bonchev–Trinajstić information content (AvgIpc) is 3.53. The Hall–Kier alpha value is -3.76. The lowest BCUT2D eigenvalue weighted by Gasteiger charge is -2.20. The molecule has 0 saturated heterocycles. The van der Waals surface area contributed by atoms with E-state index in [1.54, 1.807) is 6.07 Å². The summed E-state index contributed by atoms with van der Waals surface area (Å²) in [7, 11) is 0. The maximum atomic E-state index is 14.0. The van der Waals surface area contributed by atoms with E-state index in [0.29, 0.717) is 11.1 Å². The van der Waals surface area contributed by atoms with Crippen LogP contribution in [-0.4, -0.2) is 26.9 Å². The molecule has 2 aromatic heterocycles. The van der Waals surface area contributed by atoms with Crippen LogP contribution in [0.5, 0.6) is 0 Å². The van der Waals surface area contributed by atoms with Crippen LogP contribution < -0.4 is 10.6 Å². The number of alkyl halides is 3. The molecule has 1 aliphatic rings. The van der Waals surface area contributed by atoms with Crippen molar-refractivity contribution in [2.24, 2.45) is 5.92 Å². The number of benzene rings is 1. The summed E-state index contributed by atoms with van der Waals surface area (Å²) in [5.74, 6) is -0.663. The summed E-state index contributed by atoms with van der Waals surface area (Å²) in [4.78, 5) is 32.7. The minimum atomic E-state index is -4.67. The standard InChI is InChI=1S/C25H26F3N5O3/c1-13(30-22(35)20-32-23(36-33-20)24(2,3)4)17-8-7-15(11-18(17)25(26,27)28)16-9-10-29-19(12-16)31-21(34)14-5-6-14/h7-14H,5-6H2,1-4H3,(H,30,35)(H,29,31,34)/t13-/m1/s1. The summed E-state index contributed by atoms with van der Waals surface area (Å²) in [5, 5.41) is 8.85. The predicted octanol–water partition coefficient (Wildman–Crippen LogP) is 5.29. The largest absolute Gasteiger partial charge is 0.416 e. The summed E-state index contributed by atoms with van der Waals surface area (Å²) < 4.78 is 47.2. The van der Waals surface area contributed by atoms with E-state index in [2.05, 4.69) is 25.8 Å². The third-order valence-corrected chi connectivity index (χ3v) is 5.74. The highest BCUT2D eigenvalue weighted by molar-refractivity contribution is 5.93. The fraction of sp³-hybridized carbons (Fsp3) is 0.400. The molecule has 0 unspecified atom stereocenters. The smallest absolute Gasteiger partial charge is 0.343 e. The number of pyridine rings is 1. The Bertz CT molecular complexity index is 1290. The lowest BCUT2D eigenvalue weighted by atomic mass is 9.95. The molecule has 0 spiro atoms. The molecule has 0 radical (unpaired) electrons. The van der Waals surface area contributed by atoms with Crippen LogP contribution >= 0.6 is 0 Å². The van der Waals surface area contributed by atoms with E-state index in [9.17, 15) is 22.8 Å². The van der Waals surface area contributed by atoms with E-state index in [1.807, 2.05) is 20.8 Å². The van der Waals surface area contributed by atoms with Crippen molar-refractivity contribution < 1.29 is 27.3 Å². The third kappa shape index (κ3) is 5.72. The van der Waals surface area contributed by atoms with Crippen molar-refractivity contribution in [3.63, 3.8) is 0 Å². The van der Waals surface area contributed by atoms with Crippen LogP contribution in [0.1, 0.15) is 74.2 Å². The Morgan fingerprint density at radius 3 is 2.39 bits per heavy atom. The Morgan fingerprint density at radius 1 is 1.08 bits per heavy atom. The first-order chi connectivity index (χ1) is 16.8. The monoisotopic (exact) mass is 501 g/mol. The second kappa shape index (κ2) is 9.36. The average molecular weight is 502 g/mol. The summed E-state index contributed by atoms with van der Waals surface area (Å²) in [6.07, 6.45) is -1.60. The van der Waals surface area contributed by atoms with Gasteiger partial charge in [0.05, 0.1) is 11.6 Å². The van der Waals surface area contributed by atoms with Crippen molar-refractivity contribution >= 4 is 17.6 Å². The molecule has 8 nitrogen and oxygen atoms in total. The van der Waals surface area contributed by atoms with Gasteiger partial charge in [0.25, 0.3) is 11.7 Å². The number of rotatable bonds is 6. The number of nitrogens with zero attached hydrogens (tertiary/aromatic N) is 3. The molecular weight excluding hydrogens is 475 g/mol. The lowest BCUT2D eigenvalue weighted by Crippen LogP contribution is -2.29. The second-order valence-electron chi connectivity index (χ2n) is 9.86. The van der Waals surface area contributed by atoms with Crippen molar-refractivity contribution in [1.29, 1.82) is 0 Å². The van der Waals surface area contributed by atoms with Crippen LogP contribution in [0.3, 0.4) is 0 Å². The van der Waals surface area contributed by atoms with Crippen molar-refractivity contribution in [1.82, 2.24) is 20.4 Å². The maximum absolute atomic E-state index is 14.0. The zero-order valence-electron chi connectivity index (χ0n) is 20.2. The molecule has 2 amide bonds. The van der Waals surface area contributed by atoms with Crippen LogP contribution in [0.25, 0.3) is 11.1 Å². The molecule has 1 aromatic carbocycles. The number of amides is 2. The molecule has 1 atom stereocenters. The van der Waals surface area contributed by atoms with Gasteiger partial charge < -0.3 is 15.2 Å². The Balaban J connectivity index is 1.58. The van der Waals surface area contributed by atoms with Gasteiger partial charge in [-0.15, -0.1) is 0 Å². The number of carbonyl (C=O) groups excluding carboxylic acids is 2. The Morgan fingerprint density at radius 2 is 1.78 bits per heavy atom. The van der Waals surface area contributed by atoms with E-state index in [0.717, 1.165) is 18.9 Å². The molecule has 2 N–H and O–H groups in total. The Labute approximate surface area is 205 Å². The summed E-state index contributed by atoms with van der Waals surface area (Å²) in [5.41, 5.74) is -0.732. The van der Waals surface area contributed by atoms with Gasteiger partial charge in [-0.25, -0.2) is 4.98 Å². The molecule has 3 aromatic rings. The number of nitrogens with one attached hydrogen (secondary N) is 2. The normalized spacial score (nSPS) is 14.9. The fourth-order valence-electron chi connectivity index (χ4n) is 3.57. The number of aromatic nitrogens is 3. The van der Waals surface area contributed by atoms with Gasteiger partial charge in [0, 0.05) is 17.5 Å². The molecule has 2 heterocycles. The predicted molar refractivity (Wildman–Crippen MR) is 125 cm³/mol. The van der Waals surface area contributed by atoms with E-state index < -0.39 is 29.1 Å². The van der Waals surface area contributed by atoms with Gasteiger partial charge in [-0.2, -0.15) is 18.2 Å². The first kappa shape index (κ1) is 25.3. The Kier molecular flexibility index (Phi) is 6.59. The van der Waals surface area contributed by atoms with Crippen molar-refractivity contribution in [2.75, 3.05) is 5.32 Å². The molecule has 1 aliphatic carbocycles. The summed E-state index contributed by atoms with van der Waals surface area (Å²) in [6.45, 7) is 6.93. The van der Waals surface area contributed by atoms with Gasteiger partial charge in [-0.3, -0.25) is 9.59 Å². The lowest BCUT2D eigenvalue weighted by molar-refractivity contribution is -0.138. The topological polar surface area (TPSA) is 110 Å². The zero-order valence-corrected chi connectivity index (χ0v) is 20.2. The van der Waals surface area contributed by atoms with E-state index in [-0.39, 0.29) is 34.9 Å². The molecule has 36 heavy (non-hydrogen) atoms. The first-order valence-corrected chi connectivity index (χ1v) is 11.5. The second-order valence-corrected chi connectivity index (χ2v) is 9.86. The van der Waals surface area contributed by atoms with Gasteiger partial charge in [-0.1, -0.05) is 38.1 Å². The fourth-order valence-corrected chi connectivity index (χ4v) is 3.57. The number of hydrogen-bond donors (Lipinski definition) is 2. The van der Waals surface area contributed by atoms with E-state index in [1.165, 1.54) is 31.3 Å². The SMILES string of the molecule is C[C@@H](NC(=O)c1noc(C(C)(C)C)n1)c1ccc(-c2ccnc(NC(=O)C3CC3)c2)cc1C(F)(F)F. The summed E-state index contributed by atoms with van der Waals surface area (Å²) in [6, 6.07) is 5.97. The maximum Gasteiger partial charge on any atom is 0.416 e. The van der Waals surface area contributed by atoms with Crippen LogP contribution in [0, 0.1) is 5.92 Å². The number of hydrogen-bond acceptors (Lipinski definition) is 6. The van der Waals surface area contributed by atoms with Gasteiger partial charge >= 0.3 is 6.18 Å². The third-order valence-electron chi connectivity index (χ3n) is 5.74. The number of anilines is 1. The van der Waals surface area contributed by atoms with Crippen molar-refractivity contribution in [3.05, 3.63) is 59.4 Å². The zero-order chi connectivity index (χ0) is 26.3. The molecule has 1 saturated carbocycles. The molecule has 190 valence electrons. The molecule has 0 bridgehead atoms. The minimum absolute atomic E-state index is 0.0317. The highest BCUT2D eigenvalue weighted by Gasteiger charge is 2.36. The van der Waals surface area contributed by atoms with Crippen LogP contribution in [0.2, 0.25) is 0 Å². The molecule has 4 rings (SSSR count). The van der Waals surface area contributed by atoms with Crippen LogP contribution in [-0.2, 0) is 16.4 Å². The number of carbonyl (C=O) groups is 2. The number of halogens is 3. The van der Waals surface area contributed by atoms with Gasteiger partial charge in [0.1, 0.15) is 5.82 Å². The highest BCUT2D eigenvalue weighted by Crippen LogP contribution is 2.38. The van der Waals surface area contributed by atoms with E-state index in [4.69, 9.17) is 4.52 Å². The van der Waals surface area contributed by atoms with Crippen LogP contribution in [0.4, 0.5) is 19.0 Å². The molecular formula is C25H26F3N5O3. The quantitative estimate of drug-likeness (QED) is 0.475. The van der Waals surface area contributed by atoms with Gasteiger partial charge in [0.2, 0.25) is 11.8 Å². The summed E-state index contributed by atoms with van der Waals surface area (Å²) >= 11 is 0. The van der Waals surface area contributed by atoms with Crippen molar-refractivity contribution in [3.8, 4) is 11.1 Å². The van der Waals surface area contributed by atoms with Gasteiger partial charge in [0.15, 0.2) is 0 Å². The molecule has 1 fully saturated rings. The molecule has 11 heteroatoms.